The van der Waals surface area contributed by atoms with Gasteiger partial charge >= 0.3 is 5.92 Å². The minimum absolute atomic E-state index is 0.293. The molecule has 1 aliphatic rings. The first kappa shape index (κ1) is 18.5. The van der Waals surface area contributed by atoms with Crippen molar-refractivity contribution in [2.75, 3.05) is 4.90 Å². The maximum absolute atomic E-state index is 15.4. The van der Waals surface area contributed by atoms with E-state index < -0.39 is 29.6 Å². The topological polar surface area (TPSA) is 46.3 Å². The molecule has 0 N–H and O–H groups in total. The fourth-order valence-electron chi connectivity index (χ4n) is 4.16. The predicted molar refractivity (Wildman–Crippen MR) is 110 cm³/mol. The van der Waals surface area contributed by atoms with E-state index in [4.69, 9.17) is 4.42 Å². The van der Waals surface area contributed by atoms with Gasteiger partial charge in [0, 0.05) is 12.1 Å². The zero-order valence-electron chi connectivity index (χ0n) is 16.2. The highest BCUT2D eigenvalue weighted by Crippen LogP contribution is 2.51. The first-order valence-corrected chi connectivity index (χ1v) is 9.63. The third kappa shape index (κ3) is 2.71. The van der Waals surface area contributed by atoms with Crippen LogP contribution in [0.25, 0.3) is 11.1 Å². The van der Waals surface area contributed by atoms with E-state index in [1.165, 1.54) is 4.90 Å². The molecule has 1 atom stereocenters. The molecule has 4 nitrogen and oxygen atoms in total. The number of anilines is 2. The Morgan fingerprint density at radius 3 is 2.40 bits per heavy atom. The molecule has 1 unspecified atom stereocenters. The van der Waals surface area contributed by atoms with Gasteiger partial charge in [-0.25, -0.2) is 4.98 Å². The SMILES string of the molecule is CC1(CC(F)(F)c2nc3ccccc3o2)C(=O)N(c2ccccc2)c2ccccc21. The smallest absolute Gasteiger partial charge is 0.323 e. The summed E-state index contributed by atoms with van der Waals surface area (Å²) in [5, 5.41) is 0. The maximum atomic E-state index is 15.4. The molecule has 6 heteroatoms. The van der Waals surface area contributed by atoms with Gasteiger partial charge in [-0.3, -0.25) is 9.69 Å². The quantitative estimate of drug-likeness (QED) is 0.422. The van der Waals surface area contributed by atoms with Crippen LogP contribution in [0.5, 0.6) is 0 Å². The van der Waals surface area contributed by atoms with E-state index in [1.54, 1.807) is 67.6 Å². The number of rotatable bonds is 4. The normalized spacial score (nSPS) is 18.8. The maximum Gasteiger partial charge on any atom is 0.323 e. The van der Waals surface area contributed by atoms with Crippen molar-refractivity contribution in [2.45, 2.75) is 24.7 Å². The Hall–Kier alpha value is -3.54. The van der Waals surface area contributed by atoms with Crippen molar-refractivity contribution in [1.29, 1.82) is 0 Å². The summed E-state index contributed by atoms with van der Waals surface area (Å²) in [6, 6.07) is 22.7. The van der Waals surface area contributed by atoms with Crippen molar-refractivity contribution in [3.63, 3.8) is 0 Å². The monoisotopic (exact) mass is 404 g/mol. The first-order valence-electron chi connectivity index (χ1n) is 9.63. The van der Waals surface area contributed by atoms with Gasteiger partial charge in [0.1, 0.15) is 5.52 Å². The summed E-state index contributed by atoms with van der Waals surface area (Å²) >= 11 is 0. The summed E-state index contributed by atoms with van der Waals surface area (Å²) in [5.41, 5.74) is 1.04. The molecule has 1 amide bonds. The standard InChI is InChI=1S/C24H18F2N2O2/c1-23(15-24(25,26)21-27-18-12-6-8-14-20(18)30-21)17-11-5-7-13-19(17)28(22(23)29)16-9-3-2-4-10-16/h2-14H,15H2,1H3. The number of carbonyl (C=O) groups excluding carboxylic acids is 1. The lowest BCUT2D eigenvalue weighted by molar-refractivity contribution is -0.127. The highest BCUT2D eigenvalue weighted by atomic mass is 19.3. The second kappa shape index (κ2) is 6.49. The Balaban J connectivity index is 1.58. The van der Waals surface area contributed by atoms with E-state index in [0.717, 1.165) is 0 Å². The summed E-state index contributed by atoms with van der Waals surface area (Å²) in [4.78, 5) is 19.0. The fourth-order valence-corrected chi connectivity index (χ4v) is 4.16. The largest absolute Gasteiger partial charge is 0.435 e. The van der Waals surface area contributed by atoms with Crippen LogP contribution in [0.3, 0.4) is 0 Å². The molecule has 0 radical (unpaired) electrons. The van der Waals surface area contributed by atoms with Crippen LogP contribution in [0.15, 0.2) is 83.3 Å². The average Bonchev–Trinajstić information content (AvgIpc) is 3.28. The van der Waals surface area contributed by atoms with E-state index >= 15 is 8.78 Å². The molecule has 0 fully saturated rings. The number of carbonyl (C=O) groups is 1. The fraction of sp³-hybridized carbons (Fsp3) is 0.167. The summed E-state index contributed by atoms with van der Waals surface area (Å²) in [6.45, 7) is 1.56. The number of hydrogen-bond donors (Lipinski definition) is 0. The summed E-state index contributed by atoms with van der Waals surface area (Å²) in [7, 11) is 0. The van der Waals surface area contributed by atoms with Crippen molar-refractivity contribution < 1.29 is 18.0 Å². The molecule has 0 saturated heterocycles. The van der Waals surface area contributed by atoms with Crippen LogP contribution in [0, 0.1) is 0 Å². The molecule has 3 aromatic carbocycles. The molecule has 0 spiro atoms. The van der Waals surface area contributed by atoms with Crippen LogP contribution in [0.1, 0.15) is 24.8 Å². The van der Waals surface area contributed by atoms with Crippen molar-refractivity contribution in [3.05, 3.63) is 90.3 Å². The number of aromatic nitrogens is 1. The predicted octanol–water partition coefficient (Wildman–Crippen LogP) is 5.95. The molecule has 5 rings (SSSR count). The first-order chi connectivity index (χ1) is 14.4. The molecular weight excluding hydrogens is 386 g/mol. The molecule has 1 aliphatic heterocycles. The molecule has 1 aromatic heterocycles. The Bertz CT molecular complexity index is 1220. The van der Waals surface area contributed by atoms with Crippen molar-refractivity contribution in [3.8, 4) is 0 Å². The van der Waals surface area contributed by atoms with Crippen LogP contribution in [0.4, 0.5) is 20.2 Å². The number of oxazole rings is 1. The van der Waals surface area contributed by atoms with Gasteiger partial charge in [0.15, 0.2) is 5.58 Å². The van der Waals surface area contributed by atoms with Gasteiger partial charge in [-0.1, -0.05) is 48.5 Å². The number of alkyl halides is 2. The van der Waals surface area contributed by atoms with E-state index in [-0.39, 0.29) is 0 Å². The minimum atomic E-state index is -3.43. The van der Waals surface area contributed by atoms with Crippen LogP contribution in [0.2, 0.25) is 0 Å². The van der Waals surface area contributed by atoms with E-state index in [0.29, 0.717) is 28.0 Å². The number of hydrogen-bond acceptors (Lipinski definition) is 3. The number of amides is 1. The highest BCUT2D eigenvalue weighted by Gasteiger charge is 2.55. The second-order valence-electron chi connectivity index (χ2n) is 7.69. The van der Waals surface area contributed by atoms with Crippen molar-refractivity contribution >= 4 is 28.4 Å². The zero-order valence-corrected chi connectivity index (χ0v) is 16.2. The van der Waals surface area contributed by atoms with Gasteiger partial charge in [-0.15, -0.1) is 0 Å². The molecule has 30 heavy (non-hydrogen) atoms. The second-order valence-corrected chi connectivity index (χ2v) is 7.69. The van der Waals surface area contributed by atoms with Crippen LogP contribution >= 0.6 is 0 Å². The lowest BCUT2D eigenvalue weighted by atomic mass is 9.78. The van der Waals surface area contributed by atoms with Gasteiger partial charge in [0.25, 0.3) is 5.89 Å². The lowest BCUT2D eigenvalue weighted by Gasteiger charge is -2.27. The summed E-state index contributed by atoms with van der Waals surface area (Å²) in [5.74, 6) is -4.50. The van der Waals surface area contributed by atoms with E-state index in [9.17, 15) is 4.79 Å². The molecule has 150 valence electrons. The van der Waals surface area contributed by atoms with Crippen LogP contribution in [-0.4, -0.2) is 10.9 Å². The Labute approximate surface area is 171 Å². The summed E-state index contributed by atoms with van der Waals surface area (Å²) < 4.78 is 36.1. The number of halogens is 2. The van der Waals surface area contributed by atoms with Crippen LogP contribution < -0.4 is 4.90 Å². The van der Waals surface area contributed by atoms with Gasteiger partial charge in [-0.05, 0) is 42.8 Å². The third-order valence-corrected chi connectivity index (χ3v) is 5.61. The molecule has 0 aliphatic carbocycles. The molecule has 0 saturated carbocycles. The lowest BCUT2D eigenvalue weighted by Crippen LogP contribution is -2.40. The summed E-state index contributed by atoms with van der Waals surface area (Å²) in [6.07, 6.45) is -0.744. The van der Waals surface area contributed by atoms with E-state index in [2.05, 4.69) is 4.98 Å². The average molecular weight is 404 g/mol. The highest BCUT2D eigenvalue weighted by molar-refractivity contribution is 6.12. The Morgan fingerprint density at radius 2 is 1.63 bits per heavy atom. The number of fused-ring (bicyclic) bond motifs is 2. The Morgan fingerprint density at radius 1 is 0.967 bits per heavy atom. The zero-order chi connectivity index (χ0) is 20.9. The molecule has 4 aromatic rings. The number of nitrogens with zero attached hydrogens (tertiary/aromatic N) is 2. The number of benzene rings is 3. The molecular formula is C24H18F2N2O2. The van der Waals surface area contributed by atoms with E-state index in [1.807, 2.05) is 18.2 Å². The van der Waals surface area contributed by atoms with Crippen molar-refractivity contribution in [1.82, 2.24) is 4.98 Å². The minimum Gasteiger partial charge on any atom is -0.435 e. The van der Waals surface area contributed by atoms with Gasteiger partial charge < -0.3 is 4.42 Å². The number of para-hydroxylation sites is 4. The van der Waals surface area contributed by atoms with Crippen LogP contribution in [-0.2, 0) is 16.1 Å². The Kier molecular flexibility index (Phi) is 4.00. The van der Waals surface area contributed by atoms with Gasteiger partial charge in [0.2, 0.25) is 5.91 Å². The molecule has 2 heterocycles. The molecule has 0 bridgehead atoms. The van der Waals surface area contributed by atoms with Gasteiger partial charge in [0.05, 0.1) is 11.1 Å². The van der Waals surface area contributed by atoms with Crippen molar-refractivity contribution in [2.24, 2.45) is 0 Å². The third-order valence-electron chi connectivity index (χ3n) is 5.61. The van der Waals surface area contributed by atoms with Gasteiger partial charge in [-0.2, -0.15) is 8.78 Å².